The van der Waals surface area contributed by atoms with Crippen molar-refractivity contribution in [2.24, 2.45) is 0 Å². The number of pyridine rings is 1. The largest absolute Gasteiger partial charge is 0.473 e. The highest BCUT2D eigenvalue weighted by Gasteiger charge is 2.20. The Balaban J connectivity index is 0.000000454. The minimum Gasteiger partial charge on any atom is -0.473 e. The number of carboxylic acids is 2. The third-order valence-corrected chi connectivity index (χ3v) is 5.41. The van der Waals surface area contributed by atoms with Gasteiger partial charge >= 0.3 is 11.9 Å². The van der Waals surface area contributed by atoms with Gasteiger partial charge in [-0.15, -0.1) is 0 Å². The van der Waals surface area contributed by atoms with Crippen molar-refractivity contribution in [1.82, 2.24) is 9.88 Å². The maximum Gasteiger partial charge on any atom is 0.414 e. The maximum absolute atomic E-state index is 9.21. The van der Waals surface area contributed by atoms with Crippen molar-refractivity contribution in [3.05, 3.63) is 54.6 Å². The Kier molecular flexibility index (Phi) is 8.17. The number of para-hydroxylation sites is 1. The molecule has 174 valence electrons. The zero-order chi connectivity index (χ0) is 23.8. The van der Waals surface area contributed by atoms with E-state index in [1.54, 1.807) is 0 Å². The average molecular weight is 453 g/mol. The first kappa shape index (κ1) is 24.0. The van der Waals surface area contributed by atoms with E-state index in [-0.39, 0.29) is 6.79 Å². The van der Waals surface area contributed by atoms with Crippen LogP contribution in [0.5, 0.6) is 5.75 Å². The standard InChI is InChI=1S/C22H25N3O2.C2H2O4/c1-2-24-11-13-25(14-12-24)22-18-8-4-3-7-17(18)15-20(23-22)19-9-5-6-10-21(19)27-16-26;3-1(4)2(5)6/h3-10,15,26H,2,11-14,16H2,1H3;(H,3,4)(H,5,6). The molecule has 0 radical (unpaired) electrons. The topological polar surface area (TPSA) is 123 Å². The molecule has 33 heavy (non-hydrogen) atoms. The monoisotopic (exact) mass is 453 g/mol. The molecule has 2 heterocycles. The number of aliphatic hydroxyl groups excluding tert-OH is 1. The predicted octanol–water partition coefficient (Wildman–Crippen LogP) is 2.53. The lowest BCUT2D eigenvalue weighted by Crippen LogP contribution is -2.46. The number of nitrogens with zero attached hydrogens (tertiary/aromatic N) is 3. The van der Waals surface area contributed by atoms with Crippen molar-refractivity contribution >= 4 is 28.5 Å². The van der Waals surface area contributed by atoms with E-state index >= 15 is 0 Å². The smallest absolute Gasteiger partial charge is 0.414 e. The summed E-state index contributed by atoms with van der Waals surface area (Å²) in [5, 5.41) is 26.3. The Labute approximate surface area is 191 Å². The van der Waals surface area contributed by atoms with E-state index in [1.807, 2.05) is 24.3 Å². The van der Waals surface area contributed by atoms with Crippen LogP contribution in [0, 0.1) is 0 Å². The van der Waals surface area contributed by atoms with Gasteiger partial charge in [-0.05, 0) is 30.1 Å². The molecule has 0 atom stereocenters. The summed E-state index contributed by atoms with van der Waals surface area (Å²) in [6.07, 6.45) is 0. The van der Waals surface area contributed by atoms with Crippen molar-refractivity contribution in [3.63, 3.8) is 0 Å². The molecule has 2 aromatic carbocycles. The molecule has 0 bridgehead atoms. The molecule has 1 aliphatic heterocycles. The van der Waals surface area contributed by atoms with Crippen LogP contribution >= 0.6 is 0 Å². The van der Waals surface area contributed by atoms with Gasteiger partial charge in [0.1, 0.15) is 11.6 Å². The van der Waals surface area contributed by atoms with Crippen molar-refractivity contribution < 1.29 is 29.6 Å². The number of aliphatic carboxylic acids is 2. The molecule has 0 aliphatic carbocycles. The van der Waals surface area contributed by atoms with Crippen LogP contribution in [0.1, 0.15) is 6.92 Å². The van der Waals surface area contributed by atoms with Gasteiger partial charge in [0.15, 0.2) is 6.79 Å². The van der Waals surface area contributed by atoms with Gasteiger partial charge in [-0.2, -0.15) is 0 Å². The molecular weight excluding hydrogens is 426 g/mol. The third kappa shape index (κ3) is 5.97. The Bertz CT molecular complexity index is 1100. The van der Waals surface area contributed by atoms with E-state index in [0.717, 1.165) is 55.2 Å². The summed E-state index contributed by atoms with van der Waals surface area (Å²) in [6.45, 7) is 7.01. The number of aliphatic hydroxyl groups is 1. The zero-order valence-electron chi connectivity index (χ0n) is 18.3. The van der Waals surface area contributed by atoms with Crippen molar-refractivity contribution in [3.8, 4) is 17.0 Å². The van der Waals surface area contributed by atoms with Crippen LogP contribution in [-0.2, 0) is 9.59 Å². The normalized spacial score (nSPS) is 13.8. The highest BCUT2D eigenvalue weighted by atomic mass is 16.6. The number of rotatable bonds is 5. The van der Waals surface area contributed by atoms with Crippen LogP contribution in [0.2, 0.25) is 0 Å². The molecule has 0 unspecified atom stereocenters. The molecule has 1 aliphatic rings. The molecule has 0 amide bonds. The van der Waals surface area contributed by atoms with Crippen LogP contribution in [0.15, 0.2) is 54.6 Å². The number of piperazine rings is 1. The third-order valence-electron chi connectivity index (χ3n) is 5.41. The van der Waals surface area contributed by atoms with Crippen LogP contribution < -0.4 is 9.64 Å². The summed E-state index contributed by atoms with van der Waals surface area (Å²) in [7, 11) is 0. The number of carboxylic acid groups (broad SMARTS) is 2. The highest BCUT2D eigenvalue weighted by molar-refractivity contribution is 6.27. The predicted molar refractivity (Wildman–Crippen MR) is 124 cm³/mol. The fourth-order valence-corrected chi connectivity index (χ4v) is 3.71. The zero-order valence-corrected chi connectivity index (χ0v) is 18.3. The van der Waals surface area contributed by atoms with Crippen molar-refractivity contribution in [2.75, 3.05) is 44.4 Å². The van der Waals surface area contributed by atoms with E-state index in [0.29, 0.717) is 5.75 Å². The Hall–Kier alpha value is -3.69. The summed E-state index contributed by atoms with van der Waals surface area (Å²) in [5.74, 6) is -1.98. The Morgan fingerprint density at radius 1 is 0.970 bits per heavy atom. The van der Waals surface area contributed by atoms with Crippen molar-refractivity contribution in [2.45, 2.75) is 6.92 Å². The molecule has 3 N–H and O–H groups in total. The molecule has 1 aromatic heterocycles. The summed E-state index contributed by atoms with van der Waals surface area (Å²) < 4.78 is 5.41. The maximum atomic E-state index is 9.21. The second kappa shape index (κ2) is 11.3. The van der Waals surface area contributed by atoms with Gasteiger partial charge in [0.05, 0.1) is 5.69 Å². The number of hydrogen-bond donors (Lipinski definition) is 3. The number of aromatic nitrogens is 1. The quantitative estimate of drug-likeness (QED) is 0.395. The molecule has 1 fully saturated rings. The summed E-state index contributed by atoms with van der Waals surface area (Å²) in [6, 6.07) is 18.2. The molecule has 9 nitrogen and oxygen atoms in total. The van der Waals surface area contributed by atoms with Gasteiger partial charge in [-0.1, -0.05) is 43.3 Å². The SMILES string of the molecule is CCN1CCN(c2nc(-c3ccccc3OCO)cc3ccccc23)CC1.O=C(O)C(=O)O. The van der Waals surface area contributed by atoms with Crippen LogP contribution in [-0.4, -0.2) is 76.7 Å². The second-order valence-corrected chi connectivity index (χ2v) is 7.35. The van der Waals surface area contributed by atoms with E-state index in [9.17, 15) is 5.11 Å². The summed E-state index contributed by atoms with van der Waals surface area (Å²) in [4.78, 5) is 28.1. The van der Waals surface area contributed by atoms with Crippen LogP contribution in [0.25, 0.3) is 22.0 Å². The fraction of sp³-hybridized carbons (Fsp3) is 0.292. The molecule has 4 rings (SSSR count). The first-order valence-corrected chi connectivity index (χ1v) is 10.6. The number of carbonyl (C=O) groups is 2. The first-order chi connectivity index (χ1) is 15.9. The van der Waals surface area contributed by atoms with Gasteiger partial charge < -0.3 is 29.9 Å². The van der Waals surface area contributed by atoms with E-state index in [2.05, 4.69) is 47.1 Å². The average Bonchev–Trinajstić information content (AvgIpc) is 2.84. The molecule has 9 heteroatoms. The highest BCUT2D eigenvalue weighted by Crippen LogP contribution is 2.34. The Morgan fingerprint density at radius 2 is 1.61 bits per heavy atom. The second-order valence-electron chi connectivity index (χ2n) is 7.35. The molecular formula is C24H27N3O6. The number of likely N-dealkylation sites (N-methyl/N-ethyl adjacent to an activating group) is 1. The molecule has 1 saturated heterocycles. The van der Waals surface area contributed by atoms with Crippen LogP contribution in [0.4, 0.5) is 5.82 Å². The van der Waals surface area contributed by atoms with Gasteiger partial charge in [-0.3, -0.25) is 0 Å². The minimum absolute atomic E-state index is 0.351. The number of benzene rings is 2. The summed E-state index contributed by atoms with van der Waals surface area (Å²) >= 11 is 0. The van der Waals surface area contributed by atoms with Gasteiger partial charge in [0.2, 0.25) is 0 Å². The number of ether oxygens (including phenoxy) is 1. The van der Waals surface area contributed by atoms with Gasteiger partial charge in [0, 0.05) is 37.1 Å². The lowest BCUT2D eigenvalue weighted by Gasteiger charge is -2.35. The fourth-order valence-electron chi connectivity index (χ4n) is 3.71. The van der Waals surface area contributed by atoms with Gasteiger partial charge in [-0.25, -0.2) is 14.6 Å². The lowest BCUT2D eigenvalue weighted by molar-refractivity contribution is -0.159. The van der Waals surface area contributed by atoms with E-state index in [4.69, 9.17) is 29.5 Å². The van der Waals surface area contributed by atoms with Crippen LogP contribution in [0.3, 0.4) is 0 Å². The lowest BCUT2D eigenvalue weighted by atomic mass is 10.1. The van der Waals surface area contributed by atoms with Gasteiger partial charge in [0.25, 0.3) is 0 Å². The van der Waals surface area contributed by atoms with Crippen molar-refractivity contribution in [1.29, 1.82) is 0 Å². The number of hydrogen-bond acceptors (Lipinski definition) is 7. The molecule has 0 spiro atoms. The van der Waals surface area contributed by atoms with E-state index in [1.165, 1.54) is 5.39 Å². The first-order valence-electron chi connectivity index (χ1n) is 10.6. The minimum atomic E-state index is -1.82. The number of anilines is 1. The molecule has 3 aromatic rings. The summed E-state index contributed by atoms with van der Waals surface area (Å²) in [5.41, 5.74) is 1.76. The number of fused-ring (bicyclic) bond motifs is 1. The van der Waals surface area contributed by atoms with E-state index < -0.39 is 11.9 Å². The molecule has 0 saturated carbocycles. The Morgan fingerprint density at radius 3 is 2.24 bits per heavy atom.